The molecule has 0 heterocycles. The van der Waals surface area contributed by atoms with Gasteiger partial charge in [0.1, 0.15) is 0 Å². The Morgan fingerprint density at radius 2 is 2.25 bits per heavy atom. The summed E-state index contributed by atoms with van der Waals surface area (Å²) in [5.74, 6) is 2.39. The zero-order valence-electron chi connectivity index (χ0n) is 5.23. The van der Waals surface area contributed by atoms with Crippen LogP contribution in [0, 0.1) is 12.3 Å². The quantitative estimate of drug-likeness (QED) is 0.353. The molecule has 0 radical (unpaired) electrons. The molecule has 0 aliphatic carbocycles. The first-order valence-corrected chi connectivity index (χ1v) is 2.31. The van der Waals surface area contributed by atoms with E-state index < -0.39 is 0 Å². The third-order valence-corrected chi connectivity index (χ3v) is 0.946. The Morgan fingerprint density at radius 3 is 2.38 bits per heavy atom. The van der Waals surface area contributed by atoms with E-state index in [0.717, 1.165) is 5.71 Å². The molecule has 42 valence electrons. The Bertz CT molecular complexity index is 158. The molecule has 1 heteroatoms. The van der Waals surface area contributed by atoms with Crippen molar-refractivity contribution in [2.75, 3.05) is 7.05 Å². The molecule has 0 aromatic carbocycles. The van der Waals surface area contributed by atoms with E-state index in [1.165, 1.54) is 0 Å². The highest BCUT2D eigenvalue weighted by molar-refractivity contribution is 6.01. The van der Waals surface area contributed by atoms with E-state index in [4.69, 9.17) is 6.42 Å². The summed E-state index contributed by atoms with van der Waals surface area (Å²) in [6.07, 6.45) is 5.02. The van der Waals surface area contributed by atoms with Crippen LogP contribution in [0.4, 0.5) is 0 Å². The number of terminal acetylenes is 1. The first-order valence-electron chi connectivity index (χ1n) is 2.31. The molecular weight excluding hydrogens is 98.1 g/mol. The van der Waals surface area contributed by atoms with Gasteiger partial charge in [-0.25, -0.2) is 0 Å². The third-order valence-electron chi connectivity index (χ3n) is 0.946. The molecule has 0 fully saturated rings. The molecule has 0 unspecified atom stereocenters. The molecule has 1 nitrogen and oxygen atoms in total. The van der Waals surface area contributed by atoms with Crippen molar-refractivity contribution in [3.05, 3.63) is 12.2 Å². The van der Waals surface area contributed by atoms with Crippen molar-refractivity contribution in [2.24, 2.45) is 4.99 Å². The van der Waals surface area contributed by atoms with E-state index in [0.29, 0.717) is 5.57 Å². The van der Waals surface area contributed by atoms with Gasteiger partial charge in [0.05, 0.1) is 0 Å². The van der Waals surface area contributed by atoms with E-state index in [9.17, 15) is 0 Å². The average Bonchev–Trinajstić information content (AvgIpc) is 1.84. The first kappa shape index (κ1) is 6.97. The molecule has 0 saturated carbocycles. The standard InChI is InChI=1S/C7H9N/c1-5-6(2)7(3)8-4/h1H,2H2,3-4H3. The molecule has 0 aromatic rings. The van der Waals surface area contributed by atoms with Crippen molar-refractivity contribution >= 4 is 5.71 Å². The van der Waals surface area contributed by atoms with Crippen molar-refractivity contribution in [3.8, 4) is 12.3 Å². The summed E-state index contributed by atoms with van der Waals surface area (Å²) < 4.78 is 0. The summed E-state index contributed by atoms with van der Waals surface area (Å²) in [7, 11) is 1.69. The van der Waals surface area contributed by atoms with Gasteiger partial charge in [-0.05, 0) is 6.92 Å². The van der Waals surface area contributed by atoms with E-state index in [1.54, 1.807) is 7.05 Å². The maximum Gasteiger partial charge on any atom is 0.0464 e. The predicted octanol–water partition coefficient (Wildman–Crippen LogP) is 1.27. The molecule has 0 spiro atoms. The van der Waals surface area contributed by atoms with Crippen LogP contribution in [-0.2, 0) is 0 Å². The van der Waals surface area contributed by atoms with Crippen molar-refractivity contribution in [3.63, 3.8) is 0 Å². The highest BCUT2D eigenvalue weighted by atomic mass is 14.7. The number of hydrogen-bond donors (Lipinski definition) is 0. The van der Waals surface area contributed by atoms with Crippen LogP contribution in [0.15, 0.2) is 17.1 Å². The van der Waals surface area contributed by atoms with Gasteiger partial charge < -0.3 is 0 Å². The second-order valence-electron chi connectivity index (χ2n) is 1.43. The Labute approximate surface area is 50.1 Å². The summed E-state index contributed by atoms with van der Waals surface area (Å²) in [5.41, 5.74) is 1.49. The molecule has 0 aliphatic heterocycles. The van der Waals surface area contributed by atoms with Gasteiger partial charge in [-0.15, -0.1) is 6.42 Å². The fourth-order valence-electron chi connectivity index (χ4n) is 0.239. The smallest absolute Gasteiger partial charge is 0.0464 e. The van der Waals surface area contributed by atoms with Gasteiger partial charge in [0.25, 0.3) is 0 Å². The van der Waals surface area contributed by atoms with Gasteiger partial charge in [-0.2, -0.15) is 0 Å². The SMILES string of the molecule is C#CC(=C)C(C)=NC. The van der Waals surface area contributed by atoms with Crippen LogP contribution in [0.3, 0.4) is 0 Å². The van der Waals surface area contributed by atoms with Crippen LogP contribution in [0.25, 0.3) is 0 Å². The Morgan fingerprint density at radius 1 is 1.75 bits per heavy atom. The highest BCUT2D eigenvalue weighted by Crippen LogP contribution is 1.89. The maximum atomic E-state index is 5.02. The van der Waals surface area contributed by atoms with Crippen molar-refractivity contribution in [1.29, 1.82) is 0 Å². The largest absolute Gasteiger partial charge is 0.292 e. The lowest BCUT2D eigenvalue weighted by atomic mass is 10.2. The number of allylic oxidation sites excluding steroid dienone is 1. The van der Waals surface area contributed by atoms with Gasteiger partial charge >= 0.3 is 0 Å². The van der Waals surface area contributed by atoms with Gasteiger partial charge in [-0.1, -0.05) is 12.5 Å². The van der Waals surface area contributed by atoms with Crippen LogP contribution < -0.4 is 0 Å². The normalized spacial score (nSPS) is 10.4. The van der Waals surface area contributed by atoms with Crippen LogP contribution in [0.1, 0.15) is 6.92 Å². The van der Waals surface area contributed by atoms with Crippen LogP contribution in [0.5, 0.6) is 0 Å². The average molecular weight is 107 g/mol. The minimum Gasteiger partial charge on any atom is -0.292 e. The number of nitrogens with zero attached hydrogens (tertiary/aromatic N) is 1. The molecule has 0 aromatic heterocycles. The van der Waals surface area contributed by atoms with Gasteiger partial charge in [0, 0.05) is 18.3 Å². The molecule has 0 rings (SSSR count). The van der Waals surface area contributed by atoms with Gasteiger partial charge in [0.2, 0.25) is 0 Å². The van der Waals surface area contributed by atoms with Gasteiger partial charge in [-0.3, -0.25) is 4.99 Å². The minimum absolute atomic E-state index is 0.660. The lowest BCUT2D eigenvalue weighted by molar-refractivity contribution is 1.42. The number of aliphatic imine (C=N–C) groups is 1. The maximum absolute atomic E-state index is 5.02. The molecule has 0 N–H and O–H groups in total. The fraction of sp³-hybridized carbons (Fsp3) is 0.286. The topological polar surface area (TPSA) is 12.4 Å². The zero-order valence-corrected chi connectivity index (χ0v) is 5.23. The predicted molar refractivity (Wildman–Crippen MR) is 37.0 cm³/mol. The lowest BCUT2D eigenvalue weighted by Gasteiger charge is -1.90. The molecule has 0 bridgehead atoms. The number of rotatable bonds is 1. The molecule has 0 atom stereocenters. The second-order valence-corrected chi connectivity index (χ2v) is 1.43. The van der Waals surface area contributed by atoms with Crippen molar-refractivity contribution < 1.29 is 0 Å². The van der Waals surface area contributed by atoms with Crippen LogP contribution in [0.2, 0.25) is 0 Å². The van der Waals surface area contributed by atoms with E-state index in [-0.39, 0.29) is 0 Å². The minimum atomic E-state index is 0.660. The van der Waals surface area contributed by atoms with Crippen molar-refractivity contribution in [2.45, 2.75) is 6.92 Å². The molecule has 0 aliphatic rings. The monoisotopic (exact) mass is 107 g/mol. The molecule has 8 heavy (non-hydrogen) atoms. The summed E-state index contributed by atoms with van der Waals surface area (Å²) >= 11 is 0. The second kappa shape index (κ2) is 3.04. The summed E-state index contributed by atoms with van der Waals surface area (Å²) in [4.78, 5) is 3.83. The zero-order chi connectivity index (χ0) is 6.57. The highest BCUT2D eigenvalue weighted by Gasteiger charge is 1.87. The number of hydrogen-bond acceptors (Lipinski definition) is 1. The third kappa shape index (κ3) is 1.61. The first-order chi connectivity index (χ1) is 3.72. The van der Waals surface area contributed by atoms with E-state index >= 15 is 0 Å². The Hall–Kier alpha value is -1.03. The lowest BCUT2D eigenvalue weighted by Crippen LogP contribution is -1.90. The Balaban J connectivity index is 4.10. The van der Waals surface area contributed by atoms with E-state index in [1.807, 2.05) is 6.92 Å². The van der Waals surface area contributed by atoms with E-state index in [2.05, 4.69) is 17.5 Å². The Kier molecular flexibility index (Phi) is 2.64. The summed E-state index contributed by atoms with van der Waals surface area (Å²) in [6, 6.07) is 0. The molecule has 0 amide bonds. The summed E-state index contributed by atoms with van der Waals surface area (Å²) in [5, 5.41) is 0. The van der Waals surface area contributed by atoms with Crippen LogP contribution in [-0.4, -0.2) is 12.8 Å². The fourth-order valence-corrected chi connectivity index (χ4v) is 0.239. The summed E-state index contributed by atoms with van der Waals surface area (Å²) in [6.45, 7) is 5.41. The molecule has 0 saturated heterocycles. The molecular formula is C7H9N. The van der Waals surface area contributed by atoms with Crippen molar-refractivity contribution in [1.82, 2.24) is 0 Å². The van der Waals surface area contributed by atoms with Gasteiger partial charge in [0.15, 0.2) is 0 Å². The van der Waals surface area contributed by atoms with Crippen LogP contribution >= 0.6 is 0 Å².